The SMILES string of the molecule is Cc1ccc(C(=O)Nc2sc3c(c2C(N)=O)CC[C@@H](C(C)(C)C)C3)o1. The summed E-state index contributed by atoms with van der Waals surface area (Å²) in [4.78, 5) is 25.6. The zero-order chi connectivity index (χ0) is 18.4. The molecule has 0 saturated heterocycles. The van der Waals surface area contributed by atoms with Gasteiger partial charge in [-0.1, -0.05) is 20.8 Å². The lowest BCUT2D eigenvalue weighted by Gasteiger charge is -2.33. The number of amides is 2. The van der Waals surface area contributed by atoms with Crippen molar-refractivity contribution in [3.63, 3.8) is 0 Å². The van der Waals surface area contributed by atoms with Gasteiger partial charge in [-0.05, 0) is 55.2 Å². The number of nitrogens with two attached hydrogens (primary N) is 1. The number of fused-ring (bicyclic) bond motifs is 1. The van der Waals surface area contributed by atoms with Crippen molar-refractivity contribution >= 4 is 28.2 Å². The summed E-state index contributed by atoms with van der Waals surface area (Å²) >= 11 is 1.47. The van der Waals surface area contributed by atoms with Crippen LogP contribution in [0.2, 0.25) is 0 Å². The van der Waals surface area contributed by atoms with Crippen molar-refractivity contribution in [2.24, 2.45) is 17.1 Å². The average molecular weight is 360 g/mol. The minimum atomic E-state index is -0.488. The molecule has 2 amide bonds. The first kappa shape index (κ1) is 17.7. The van der Waals surface area contributed by atoms with Gasteiger partial charge in [-0.2, -0.15) is 0 Å². The topological polar surface area (TPSA) is 85.3 Å². The second-order valence-electron chi connectivity index (χ2n) is 7.74. The molecule has 0 aliphatic heterocycles. The molecule has 0 fully saturated rings. The maximum Gasteiger partial charge on any atom is 0.291 e. The van der Waals surface area contributed by atoms with Crippen LogP contribution in [0.1, 0.15) is 64.3 Å². The molecular formula is C19H24N2O3S. The summed E-state index contributed by atoms with van der Waals surface area (Å²) < 4.78 is 5.36. The molecule has 134 valence electrons. The van der Waals surface area contributed by atoms with E-state index >= 15 is 0 Å². The van der Waals surface area contributed by atoms with E-state index in [0.29, 0.717) is 22.2 Å². The number of thiophene rings is 1. The van der Waals surface area contributed by atoms with Crippen molar-refractivity contribution in [2.75, 3.05) is 5.32 Å². The quantitative estimate of drug-likeness (QED) is 0.862. The lowest BCUT2D eigenvalue weighted by atomic mass is 9.72. The molecule has 0 spiro atoms. The fourth-order valence-corrected chi connectivity index (χ4v) is 4.72. The van der Waals surface area contributed by atoms with E-state index in [1.165, 1.54) is 11.3 Å². The number of hydrogen-bond donors (Lipinski definition) is 2. The van der Waals surface area contributed by atoms with Gasteiger partial charge in [0.05, 0.1) is 5.56 Å². The molecule has 1 aliphatic rings. The monoisotopic (exact) mass is 360 g/mol. The lowest BCUT2D eigenvalue weighted by Crippen LogP contribution is -2.27. The van der Waals surface area contributed by atoms with Crippen molar-refractivity contribution < 1.29 is 14.0 Å². The van der Waals surface area contributed by atoms with Crippen molar-refractivity contribution in [3.05, 3.63) is 39.7 Å². The summed E-state index contributed by atoms with van der Waals surface area (Å²) in [7, 11) is 0. The third-order valence-electron chi connectivity index (χ3n) is 4.93. The van der Waals surface area contributed by atoms with Crippen LogP contribution in [0, 0.1) is 18.3 Å². The van der Waals surface area contributed by atoms with Crippen molar-refractivity contribution in [1.29, 1.82) is 0 Å². The molecule has 3 rings (SSSR count). The predicted molar refractivity (Wildman–Crippen MR) is 99.2 cm³/mol. The van der Waals surface area contributed by atoms with Crippen LogP contribution in [-0.4, -0.2) is 11.8 Å². The Hall–Kier alpha value is -2.08. The molecule has 5 nitrogen and oxygen atoms in total. The molecule has 0 saturated carbocycles. The number of furan rings is 1. The van der Waals surface area contributed by atoms with Gasteiger partial charge < -0.3 is 15.5 Å². The number of anilines is 1. The number of aryl methyl sites for hydroxylation is 1. The average Bonchev–Trinajstić information content (AvgIpc) is 3.08. The minimum absolute atomic E-state index is 0.212. The molecule has 0 aromatic carbocycles. The summed E-state index contributed by atoms with van der Waals surface area (Å²) in [6.07, 6.45) is 2.76. The van der Waals surface area contributed by atoms with E-state index < -0.39 is 5.91 Å². The zero-order valence-corrected chi connectivity index (χ0v) is 15.9. The number of carbonyl (C=O) groups is 2. The maximum absolute atomic E-state index is 12.4. The lowest BCUT2D eigenvalue weighted by molar-refractivity contribution is 0.0995. The van der Waals surface area contributed by atoms with Gasteiger partial charge in [-0.15, -0.1) is 11.3 Å². The highest BCUT2D eigenvalue weighted by Gasteiger charge is 2.33. The fraction of sp³-hybridized carbons (Fsp3) is 0.474. The normalized spacial score (nSPS) is 17.2. The van der Waals surface area contributed by atoms with Gasteiger partial charge in [0.2, 0.25) is 0 Å². The van der Waals surface area contributed by atoms with Gasteiger partial charge in [0.25, 0.3) is 11.8 Å². The van der Waals surface area contributed by atoms with Gasteiger partial charge in [0.15, 0.2) is 5.76 Å². The third-order valence-corrected chi connectivity index (χ3v) is 6.10. The van der Waals surface area contributed by atoms with Crippen LogP contribution in [0.15, 0.2) is 16.5 Å². The van der Waals surface area contributed by atoms with E-state index in [1.807, 2.05) is 0 Å². The van der Waals surface area contributed by atoms with Gasteiger partial charge in [-0.25, -0.2) is 0 Å². The van der Waals surface area contributed by atoms with Crippen LogP contribution in [0.4, 0.5) is 5.00 Å². The Bertz CT molecular complexity index is 826. The van der Waals surface area contributed by atoms with Crippen molar-refractivity contribution in [1.82, 2.24) is 0 Å². The van der Waals surface area contributed by atoms with Gasteiger partial charge in [0, 0.05) is 4.88 Å². The smallest absolute Gasteiger partial charge is 0.291 e. The largest absolute Gasteiger partial charge is 0.456 e. The molecule has 2 heterocycles. The van der Waals surface area contributed by atoms with Crippen LogP contribution >= 0.6 is 11.3 Å². The standard InChI is InChI=1S/C19H24N2O3S/c1-10-5-8-13(24-10)17(23)21-18-15(16(20)22)12-7-6-11(19(2,3)4)9-14(12)25-18/h5,8,11H,6-7,9H2,1-4H3,(H2,20,22)(H,21,23)/t11-/m1/s1. The molecule has 0 bridgehead atoms. The first-order chi connectivity index (χ1) is 11.7. The molecule has 2 aromatic heterocycles. The van der Waals surface area contributed by atoms with Crippen LogP contribution in [0.25, 0.3) is 0 Å². The third kappa shape index (κ3) is 3.49. The van der Waals surface area contributed by atoms with E-state index in [-0.39, 0.29) is 17.1 Å². The molecule has 1 atom stereocenters. The molecule has 0 radical (unpaired) electrons. The first-order valence-corrected chi connectivity index (χ1v) is 9.30. The zero-order valence-electron chi connectivity index (χ0n) is 15.1. The molecule has 6 heteroatoms. The molecule has 3 N–H and O–H groups in total. The highest BCUT2D eigenvalue weighted by atomic mass is 32.1. The van der Waals surface area contributed by atoms with Crippen LogP contribution in [0.3, 0.4) is 0 Å². The van der Waals surface area contributed by atoms with Gasteiger partial charge >= 0.3 is 0 Å². The van der Waals surface area contributed by atoms with Crippen LogP contribution in [-0.2, 0) is 12.8 Å². The second-order valence-corrected chi connectivity index (χ2v) is 8.85. The number of primary amides is 1. The van der Waals surface area contributed by atoms with Crippen LogP contribution in [0.5, 0.6) is 0 Å². The highest BCUT2D eigenvalue weighted by molar-refractivity contribution is 7.17. The Labute approximate surface area is 151 Å². The number of rotatable bonds is 3. The van der Waals surface area contributed by atoms with E-state index in [2.05, 4.69) is 26.1 Å². The summed E-state index contributed by atoms with van der Waals surface area (Å²) in [6.45, 7) is 8.51. The van der Waals surface area contributed by atoms with E-state index in [0.717, 1.165) is 29.7 Å². The Kier molecular flexibility index (Phi) is 4.49. The summed E-state index contributed by atoms with van der Waals surface area (Å²) in [6, 6.07) is 3.36. The Morgan fingerprint density at radius 1 is 1.32 bits per heavy atom. The number of nitrogens with one attached hydrogen (secondary N) is 1. The van der Waals surface area contributed by atoms with Gasteiger partial charge in [0.1, 0.15) is 10.8 Å². The Morgan fingerprint density at radius 2 is 2.04 bits per heavy atom. The highest BCUT2D eigenvalue weighted by Crippen LogP contribution is 2.44. The summed E-state index contributed by atoms with van der Waals surface area (Å²) in [5.41, 5.74) is 7.29. The Morgan fingerprint density at radius 3 is 2.60 bits per heavy atom. The molecule has 25 heavy (non-hydrogen) atoms. The molecule has 2 aromatic rings. The van der Waals surface area contributed by atoms with E-state index in [1.54, 1.807) is 19.1 Å². The van der Waals surface area contributed by atoms with Crippen molar-refractivity contribution in [3.8, 4) is 0 Å². The molecule has 1 aliphatic carbocycles. The molecule has 0 unspecified atom stereocenters. The fourth-order valence-electron chi connectivity index (χ4n) is 3.40. The molecular weight excluding hydrogens is 336 g/mol. The minimum Gasteiger partial charge on any atom is -0.456 e. The number of carbonyl (C=O) groups excluding carboxylic acids is 2. The van der Waals surface area contributed by atoms with E-state index in [4.69, 9.17) is 10.2 Å². The maximum atomic E-state index is 12.4. The van der Waals surface area contributed by atoms with E-state index in [9.17, 15) is 9.59 Å². The predicted octanol–water partition coefficient (Wildman–Crippen LogP) is 4.15. The number of hydrogen-bond acceptors (Lipinski definition) is 4. The Balaban J connectivity index is 1.91. The van der Waals surface area contributed by atoms with Crippen LogP contribution < -0.4 is 11.1 Å². The summed E-state index contributed by atoms with van der Waals surface area (Å²) in [5, 5.41) is 3.35. The first-order valence-electron chi connectivity index (χ1n) is 8.49. The van der Waals surface area contributed by atoms with Gasteiger partial charge in [-0.3, -0.25) is 9.59 Å². The second kappa shape index (κ2) is 6.33. The van der Waals surface area contributed by atoms with Crippen molar-refractivity contribution in [2.45, 2.75) is 47.0 Å². The summed E-state index contributed by atoms with van der Waals surface area (Å²) in [5.74, 6) is 0.598.